The SMILES string of the molecule is C#CCNC(=NCCCC(=O)OC1CCCC1)NCC.I. The number of aliphatic imine (C=N–C) groups is 1. The molecule has 1 saturated carbocycles. The molecular formula is C15H26IN3O2. The number of hydrogen-bond donors (Lipinski definition) is 2. The Morgan fingerprint density at radius 3 is 2.71 bits per heavy atom. The highest BCUT2D eigenvalue weighted by molar-refractivity contribution is 14.0. The Labute approximate surface area is 144 Å². The van der Waals surface area contributed by atoms with Crippen molar-refractivity contribution in [2.75, 3.05) is 19.6 Å². The van der Waals surface area contributed by atoms with E-state index < -0.39 is 0 Å². The Hall–Kier alpha value is -0.970. The van der Waals surface area contributed by atoms with Gasteiger partial charge in [-0.2, -0.15) is 0 Å². The van der Waals surface area contributed by atoms with E-state index in [9.17, 15) is 4.79 Å². The number of halogens is 1. The van der Waals surface area contributed by atoms with Gasteiger partial charge in [-0.3, -0.25) is 9.79 Å². The van der Waals surface area contributed by atoms with Crippen molar-refractivity contribution in [1.82, 2.24) is 10.6 Å². The lowest BCUT2D eigenvalue weighted by atomic mass is 10.3. The summed E-state index contributed by atoms with van der Waals surface area (Å²) in [5, 5.41) is 6.10. The van der Waals surface area contributed by atoms with Crippen molar-refractivity contribution in [3.8, 4) is 12.3 Å². The van der Waals surface area contributed by atoms with E-state index in [0.717, 1.165) is 19.4 Å². The molecule has 6 heteroatoms. The molecular weight excluding hydrogens is 381 g/mol. The Bertz CT molecular complexity index is 360. The summed E-state index contributed by atoms with van der Waals surface area (Å²) in [6, 6.07) is 0. The van der Waals surface area contributed by atoms with Gasteiger partial charge in [-0.15, -0.1) is 30.4 Å². The Morgan fingerprint density at radius 1 is 1.38 bits per heavy atom. The quantitative estimate of drug-likeness (QED) is 0.169. The van der Waals surface area contributed by atoms with Gasteiger partial charge in [0.25, 0.3) is 0 Å². The molecule has 0 aromatic heterocycles. The van der Waals surface area contributed by atoms with Crippen LogP contribution in [0.25, 0.3) is 0 Å². The smallest absolute Gasteiger partial charge is 0.306 e. The van der Waals surface area contributed by atoms with E-state index in [1.54, 1.807) is 0 Å². The number of carbonyl (C=O) groups is 1. The van der Waals surface area contributed by atoms with Crippen LogP contribution in [-0.2, 0) is 9.53 Å². The standard InChI is InChI=1S/C15H25N3O2.HI/c1-3-11-17-15(16-4-2)18-12-7-10-14(19)20-13-8-5-6-9-13;/h1,13H,4-12H2,2H3,(H2,16,17,18);1H. The fraction of sp³-hybridized carbons (Fsp3) is 0.733. The molecule has 0 spiro atoms. The van der Waals surface area contributed by atoms with Crippen LogP contribution in [0, 0.1) is 12.3 Å². The molecule has 1 aliphatic carbocycles. The lowest BCUT2D eigenvalue weighted by Crippen LogP contribution is -2.37. The number of terminal acetylenes is 1. The van der Waals surface area contributed by atoms with E-state index >= 15 is 0 Å². The van der Waals surface area contributed by atoms with Crippen LogP contribution in [0.2, 0.25) is 0 Å². The van der Waals surface area contributed by atoms with Gasteiger partial charge in [0, 0.05) is 19.5 Å². The molecule has 120 valence electrons. The van der Waals surface area contributed by atoms with Crippen molar-refractivity contribution >= 4 is 35.9 Å². The minimum Gasteiger partial charge on any atom is -0.462 e. The molecule has 0 amide bonds. The first kappa shape index (κ1) is 20.0. The van der Waals surface area contributed by atoms with Crippen LogP contribution in [0.5, 0.6) is 0 Å². The summed E-state index contributed by atoms with van der Waals surface area (Å²) in [7, 11) is 0. The summed E-state index contributed by atoms with van der Waals surface area (Å²) in [6.07, 6.45) is 10.8. The van der Waals surface area contributed by atoms with Gasteiger partial charge in [0.05, 0.1) is 6.54 Å². The van der Waals surface area contributed by atoms with E-state index in [1.165, 1.54) is 12.8 Å². The number of ether oxygens (including phenoxy) is 1. The zero-order chi connectivity index (χ0) is 14.6. The molecule has 1 fully saturated rings. The maximum atomic E-state index is 11.6. The molecule has 0 aromatic carbocycles. The van der Waals surface area contributed by atoms with Gasteiger partial charge >= 0.3 is 5.97 Å². The molecule has 0 aromatic rings. The predicted molar refractivity (Wildman–Crippen MR) is 95.8 cm³/mol. The molecule has 5 nitrogen and oxygen atoms in total. The second-order valence-corrected chi connectivity index (χ2v) is 4.82. The number of hydrogen-bond acceptors (Lipinski definition) is 3. The van der Waals surface area contributed by atoms with Crippen LogP contribution >= 0.6 is 24.0 Å². The molecule has 0 aliphatic heterocycles. The van der Waals surface area contributed by atoms with Gasteiger partial charge in [0.15, 0.2) is 5.96 Å². The maximum Gasteiger partial charge on any atom is 0.306 e. The fourth-order valence-electron chi connectivity index (χ4n) is 2.14. The zero-order valence-corrected chi connectivity index (χ0v) is 15.0. The average Bonchev–Trinajstić information content (AvgIpc) is 2.93. The van der Waals surface area contributed by atoms with Gasteiger partial charge in [-0.05, 0) is 39.0 Å². The van der Waals surface area contributed by atoms with E-state index in [-0.39, 0.29) is 36.0 Å². The van der Waals surface area contributed by atoms with Crippen molar-refractivity contribution < 1.29 is 9.53 Å². The molecule has 0 radical (unpaired) electrons. The summed E-state index contributed by atoms with van der Waals surface area (Å²) < 4.78 is 5.39. The second kappa shape index (κ2) is 12.7. The number of nitrogens with zero attached hydrogens (tertiary/aromatic N) is 1. The summed E-state index contributed by atoms with van der Waals surface area (Å²) in [6.45, 7) is 3.79. The largest absolute Gasteiger partial charge is 0.462 e. The highest BCUT2D eigenvalue weighted by atomic mass is 127. The first-order valence-electron chi connectivity index (χ1n) is 7.41. The van der Waals surface area contributed by atoms with Crippen LogP contribution in [0.1, 0.15) is 45.4 Å². The molecule has 1 aliphatic rings. The van der Waals surface area contributed by atoms with E-state index in [4.69, 9.17) is 11.2 Å². The maximum absolute atomic E-state index is 11.6. The highest BCUT2D eigenvalue weighted by Gasteiger charge is 2.18. The van der Waals surface area contributed by atoms with Crippen LogP contribution in [-0.4, -0.2) is 37.7 Å². The minimum atomic E-state index is -0.103. The Kier molecular flexibility index (Phi) is 12.2. The number of guanidine groups is 1. The summed E-state index contributed by atoms with van der Waals surface area (Å²) in [4.78, 5) is 16.0. The van der Waals surface area contributed by atoms with Crippen LogP contribution in [0.15, 0.2) is 4.99 Å². The normalized spacial score (nSPS) is 15.0. The molecule has 0 unspecified atom stereocenters. The van der Waals surface area contributed by atoms with Crippen molar-refractivity contribution in [2.24, 2.45) is 4.99 Å². The summed E-state index contributed by atoms with van der Waals surface area (Å²) in [5.74, 6) is 3.09. The van der Waals surface area contributed by atoms with Crippen molar-refractivity contribution in [2.45, 2.75) is 51.6 Å². The Morgan fingerprint density at radius 2 is 2.10 bits per heavy atom. The van der Waals surface area contributed by atoms with Gasteiger partial charge in [-0.1, -0.05) is 5.92 Å². The highest BCUT2D eigenvalue weighted by Crippen LogP contribution is 2.21. The number of esters is 1. The summed E-state index contributed by atoms with van der Waals surface area (Å²) >= 11 is 0. The monoisotopic (exact) mass is 407 g/mol. The molecule has 0 atom stereocenters. The lowest BCUT2D eigenvalue weighted by Gasteiger charge is -2.11. The first-order chi connectivity index (χ1) is 9.76. The second-order valence-electron chi connectivity index (χ2n) is 4.82. The van der Waals surface area contributed by atoms with Crippen LogP contribution < -0.4 is 10.6 Å². The van der Waals surface area contributed by atoms with Gasteiger partial charge < -0.3 is 15.4 Å². The number of rotatable bonds is 7. The fourth-order valence-corrected chi connectivity index (χ4v) is 2.14. The third kappa shape index (κ3) is 9.56. The lowest BCUT2D eigenvalue weighted by molar-refractivity contribution is -0.148. The van der Waals surface area contributed by atoms with Crippen molar-refractivity contribution in [3.05, 3.63) is 0 Å². The average molecular weight is 407 g/mol. The molecule has 0 saturated heterocycles. The van der Waals surface area contributed by atoms with Gasteiger partial charge in [0.1, 0.15) is 6.10 Å². The number of carbonyl (C=O) groups excluding carboxylic acids is 1. The summed E-state index contributed by atoms with van der Waals surface area (Å²) in [5.41, 5.74) is 0. The topological polar surface area (TPSA) is 62.7 Å². The third-order valence-corrected chi connectivity index (χ3v) is 3.11. The van der Waals surface area contributed by atoms with E-state index in [0.29, 0.717) is 31.9 Å². The van der Waals surface area contributed by atoms with Gasteiger partial charge in [-0.25, -0.2) is 0 Å². The molecule has 0 bridgehead atoms. The van der Waals surface area contributed by atoms with Crippen molar-refractivity contribution in [3.63, 3.8) is 0 Å². The minimum absolute atomic E-state index is 0. The number of nitrogens with one attached hydrogen (secondary N) is 2. The van der Waals surface area contributed by atoms with E-state index in [2.05, 4.69) is 21.5 Å². The molecule has 1 rings (SSSR count). The van der Waals surface area contributed by atoms with E-state index in [1.807, 2.05) is 6.92 Å². The Balaban J connectivity index is 0.00000400. The zero-order valence-electron chi connectivity index (χ0n) is 12.7. The van der Waals surface area contributed by atoms with Gasteiger partial charge in [0.2, 0.25) is 0 Å². The third-order valence-electron chi connectivity index (χ3n) is 3.11. The molecule has 2 N–H and O–H groups in total. The van der Waals surface area contributed by atoms with Crippen molar-refractivity contribution in [1.29, 1.82) is 0 Å². The van der Waals surface area contributed by atoms with Crippen LogP contribution in [0.4, 0.5) is 0 Å². The molecule has 21 heavy (non-hydrogen) atoms. The molecule has 0 heterocycles. The first-order valence-corrected chi connectivity index (χ1v) is 7.41. The van der Waals surface area contributed by atoms with Crippen LogP contribution in [0.3, 0.4) is 0 Å². The predicted octanol–water partition coefficient (Wildman–Crippen LogP) is 2.06.